The van der Waals surface area contributed by atoms with Gasteiger partial charge in [0, 0.05) is 27.2 Å². The Morgan fingerprint density at radius 3 is 2.62 bits per heavy atom. The van der Waals surface area contributed by atoms with E-state index in [0.717, 1.165) is 0 Å². The van der Waals surface area contributed by atoms with E-state index in [2.05, 4.69) is 10.4 Å². The van der Waals surface area contributed by atoms with Crippen LogP contribution in [0.2, 0.25) is 0 Å². The number of hydrogen-bond acceptors (Lipinski definition) is 7. The minimum absolute atomic E-state index is 0.0278. The van der Waals surface area contributed by atoms with Crippen LogP contribution < -0.4 is 10.2 Å². The lowest BCUT2D eigenvalue weighted by Crippen LogP contribution is -2.46. The van der Waals surface area contributed by atoms with Gasteiger partial charge in [0.1, 0.15) is 11.8 Å². The van der Waals surface area contributed by atoms with Crippen molar-refractivity contribution in [1.82, 2.24) is 15.1 Å². The normalized spacial score (nSPS) is 21.2. The zero-order valence-corrected chi connectivity index (χ0v) is 15.9. The van der Waals surface area contributed by atoms with Crippen molar-refractivity contribution in [2.24, 2.45) is 7.05 Å². The Balaban J connectivity index is 2.12. The molecule has 10 nitrogen and oxygen atoms in total. The third-order valence-corrected chi connectivity index (χ3v) is 4.23. The van der Waals surface area contributed by atoms with Crippen molar-refractivity contribution in [2.45, 2.75) is 51.4 Å². The molecular weight excluding hydrogens is 342 g/mol. The second-order valence-electron chi connectivity index (χ2n) is 7.33. The Labute approximate surface area is 152 Å². The molecule has 0 saturated carbocycles. The van der Waals surface area contributed by atoms with Crippen LogP contribution in [0.25, 0.3) is 0 Å². The highest BCUT2D eigenvalue weighted by Gasteiger charge is 2.32. The molecule has 2 atom stereocenters. The third kappa shape index (κ3) is 4.84. The summed E-state index contributed by atoms with van der Waals surface area (Å²) in [4.78, 5) is 24.8. The number of nitrogens with zero attached hydrogens (tertiary/aromatic N) is 4. The fourth-order valence-electron chi connectivity index (χ4n) is 3.11. The summed E-state index contributed by atoms with van der Waals surface area (Å²) in [5.74, 6) is 0.461. The number of aromatic nitrogens is 2. The van der Waals surface area contributed by atoms with Crippen LogP contribution in [0.1, 0.15) is 33.6 Å². The van der Waals surface area contributed by atoms with Gasteiger partial charge in [-0.15, -0.1) is 0 Å². The van der Waals surface area contributed by atoms with Crippen molar-refractivity contribution in [2.75, 3.05) is 25.1 Å². The van der Waals surface area contributed by atoms with E-state index in [1.54, 1.807) is 34.9 Å². The highest BCUT2D eigenvalue weighted by atomic mass is 16.6. The van der Waals surface area contributed by atoms with Crippen LogP contribution in [0.5, 0.6) is 0 Å². The van der Waals surface area contributed by atoms with Crippen molar-refractivity contribution in [3.63, 3.8) is 0 Å². The summed E-state index contributed by atoms with van der Waals surface area (Å²) in [6, 6.07) is -0.243. The highest BCUT2D eigenvalue weighted by Crippen LogP contribution is 2.29. The number of carbonyl (C=O) groups excluding carboxylic acids is 1. The molecule has 1 aromatic rings. The summed E-state index contributed by atoms with van der Waals surface area (Å²) >= 11 is 0. The standard InChI is InChI=1S/C16H27N5O5/c1-16(2,3)26-15(22)18-11-6-8-20(9-7-13(11)25-5)14-12(21(23)24)10-17-19(14)4/h10-11,13H,6-9H2,1-5H3,(H,18,22)/t11-,13+/m0/s1. The summed E-state index contributed by atoms with van der Waals surface area (Å²) in [7, 11) is 3.27. The maximum absolute atomic E-state index is 12.1. The smallest absolute Gasteiger partial charge is 0.407 e. The van der Waals surface area contributed by atoms with Crippen molar-refractivity contribution in [1.29, 1.82) is 0 Å². The predicted molar refractivity (Wildman–Crippen MR) is 95.3 cm³/mol. The van der Waals surface area contributed by atoms with E-state index in [0.29, 0.717) is 31.7 Å². The number of amides is 1. The van der Waals surface area contributed by atoms with E-state index in [-0.39, 0.29) is 17.8 Å². The number of hydrogen-bond donors (Lipinski definition) is 1. The number of methoxy groups -OCH3 is 1. The SMILES string of the molecule is CO[C@@H]1CCN(c2c([N+](=O)[O-])cnn2C)CC[C@@H]1NC(=O)OC(C)(C)C. The van der Waals surface area contributed by atoms with Crippen LogP contribution in [0.15, 0.2) is 6.20 Å². The minimum Gasteiger partial charge on any atom is -0.444 e. The molecule has 26 heavy (non-hydrogen) atoms. The van der Waals surface area contributed by atoms with E-state index in [1.165, 1.54) is 10.9 Å². The molecule has 0 aromatic carbocycles. The highest BCUT2D eigenvalue weighted by molar-refractivity contribution is 5.68. The summed E-state index contributed by atoms with van der Waals surface area (Å²) in [6.45, 7) is 6.50. The summed E-state index contributed by atoms with van der Waals surface area (Å²) in [5.41, 5.74) is -0.612. The van der Waals surface area contributed by atoms with Crippen LogP contribution in [0.3, 0.4) is 0 Å². The monoisotopic (exact) mass is 369 g/mol. The molecule has 1 aromatic heterocycles. The van der Waals surface area contributed by atoms with Gasteiger partial charge in [0.2, 0.25) is 5.82 Å². The van der Waals surface area contributed by atoms with Crippen LogP contribution in [-0.2, 0) is 16.5 Å². The predicted octanol–water partition coefficient (Wildman–Crippen LogP) is 1.84. The molecule has 2 heterocycles. The molecule has 146 valence electrons. The zero-order valence-electron chi connectivity index (χ0n) is 15.9. The lowest BCUT2D eigenvalue weighted by Gasteiger charge is -2.26. The first-order valence-electron chi connectivity index (χ1n) is 8.56. The van der Waals surface area contributed by atoms with Gasteiger partial charge in [0.25, 0.3) is 0 Å². The molecule has 0 spiro atoms. The number of ether oxygens (including phenoxy) is 2. The fraction of sp³-hybridized carbons (Fsp3) is 0.750. The molecule has 1 N–H and O–H groups in total. The molecule has 10 heteroatoms. The van der Waals surface area contributed by atoms with Gasteiger partial charge in [-0.05, 0) is 33.6 Å². The molecule has 0 aliphatic carbocycles. The van der Waals surface area contributed by atoms with Gasteiger partial charge in [-0.3, -0.25) is 10.1 Å². The molecule has 0 radical (unpaired) electrons. The maximum atomic E-state index is 12.1. The van der Waals surface area contributed by atoms with Gasteiger partial charge in [-0.25, -0.2) is 9.48 Å². The molecule has 2 rings (SSSR count). The van der Waals surface area contributed by atoms with Crippen LogP contribution in [0, 0.1) is 10.1 Å². The lowest BCUT2D eigenvalue weighted by molar-refractivity contribution is -0.384. The van der Waals surface area contributed by atoms with Gasteiger partial charge in [-0.1, -0.05) is 0 Å². The quantitative estimate of drug-likeness (QED) is 0.636. The van der Waals surface area contributed by atoms with Gasteiger partial charge in [0.05, 0.1) is 17.1 Å². The average Bonchev–Trinajstić information content (AvgIpc) is 2.79. The molecular formula is C16H27N5O5. The molecule has 1 aliphatic rings. The van der Waals surface area contributed by atoms with E-state index in [1.807, 2.05) is 4.90 Å². The van der Waals surface area contributed by atoms with Crippen molar-refractivity contribution in [3.8, 4) is 0 Å². The maximum Gasteiger partial charge on any atom is 0.407 e. The van der Waals surface area contributed by atoms with Crippen LogP contribution in [0.4, 0.5) is 16.3 Å². The molecule has 0 unspecified atom stereocenters. The topological polar surface area (TPSA) is 112 Å². The van der Waals surface area contributed by atoms with E-state index in [9.17, 15) is 14.9 Å². The number of aryl methyl sites for hydroxylation is 1. The third-order valence-electron chi connectivity index (χ3n) is 4.23. The van der Waals surface area contributed by atoms with Gasteiger partial charge in [-0.2, -0.15) is 5.10 Å². The number of rotatable bonds is 4. The Morgan fingerprint density at radius 2 is 2.04 bits per heavy atom. The molecule has 1 amide bonds. The number of carbonyl (C=O) groups is 1. The van der Waals surface area contributed by atoms with E-state index in [4.69, 9.17) is 9.47 Å². The van der Waals surface area contributed by atoms with Crippen LogP contribution >= 0.6 is 0 Å². The molecule has 1 saturated heterocycles. The summed E-state index contributed by atoms with van der Waals surface area (Å²) < 4.78 is 12.4. The van der Waals surface area contributed by atoms with E-state index >= 15 is 0 Å². The average molecular weight is 369 g/mol. The lowest BCUT2D eigenvalue weighted by atomic mass is 10.1. The number of nitro groups is 1. The van der Waals surface area contributed by atoms with E-state index < -0.39 is 16.6 Å². The Kier molecular flexibility index (Phi) is 6.06. The van der Waals surface area contributed by atoms with Gasteiger partial charge >= 0.3 is 11.8 Å². The molecule has 1 aliphatic heterocycles. The van der Waals surface area contributed by atoms with Crippen molar-refractivity contribution >= 4 is 17.6 Å². The second kappa shape index (κ2) is 7.90. The number of anilines is 1. The number of nitrogens with one attached hydrogen (secondary N) is 1. The first-order valence-corrected chi connectivity index (χ1v) is 8.56. The molecule has 0 bridgehead atoms. The van der Waals surface area contributed by atoms with Crippen molar-refractivity contribution in [3.05, 3.63) is 16.3 Å². The largest absolute Gasteiger partial charge is 0.444 e. The first-order chi connectivity index (χ1) is 12.1. The van der Waals surface area contributed by atoms with Gasteiger partial charge < -0.3 is 19.7 Å². The van der Waals surface area contributed by atoms with Crippen LogP contribution in [-0.4, -0.2) is 58.7 Å². The van der Waals surface area contributed by atoms with Gasteiger partial charge in [0.15, 0.2) is 0 Å². The first kappa shape index (κ1) is 20.0. The number of alkyl carbamates (subject to hydrolysis) is 1. The molecule has 1 fully saturated rings. The zero-order chi connectivity index (χ0) is 19.5. The van der Waals surface area contributed by atoms with Crippen molar-refractivity contribution < 1.29 is 19.2 Å². The Hall–Kier alpha value is -2.36. The minimum atomic E-state index is -0.585. The second-order valence-corrected chi connectivity index (χ2v) is 7.33. The summed E-state index contributed by atoms with van der Waals surface area (Å²) in [5, 5.41) is 18.1. The summed E-state index contributed by atoms with van der Waals surface area (Å²) in [6.07, 6.45) is 1.73. The Morgan fingerprint density at radius 1 is 1.38 bits per heavy atom. The fourth-order valence-corrected chi connectivity index (χ4v) is 3.11. The Bertz CT molecular complexity index is 654.